The Kier molecular flexibility index (Phi) is 6.26. The zero-order chi connectivity index (χ0) is 30.5. The molecule has 0 aliphatic carbocycles. The number of halogens is 3. The molecule has 7 heterocycles. The summed E-state index contributed by atoms with van der Waals surface area (Å²) < 4.78 is 58.6. The predicted molar refractivity (Wildman–Crippen MR) is 157 cm³/mol. The number of rotatable bonds is 5. The van der Waals surface area contributed by atoms with Crippen molar-refractivity contribution in [3.63, 3.8) is 0 Å². The minimum Gasteiger partial charge on any atom is -0.472 e. The van der Waals surface area contributed by atoms with Crippen molar-refractivity contribution in [3.05, 3.63) is 28.8 Å². The number of nitrogens with zero attached hydrogens (tertiary/aromatic N) is 5. The van der Waals surface area contributed by atoms with Gasteiger partial charge in [-0.15, -0.1) is 0 Å². The van der Waals surface area contributed by atoms with E-state index >= 15 is 4.39 Å². The van der Waals surface area contributed by atoms with E-state index in [0.717, 1.165) is 32.2 Å². The van der Waals surface area contributed by atoms with Gasteiger partial charge in [0.05, 0.1) is 17.3 Å². The lowest BCUT2D eigenvalue weighted by Crippen LogP contribution is -2.62. The zero-order valence-corrected chi connectivity index (χ0v) is 24.6. The molecule has 0 unspecified atom stereocenters. The van der Waals surface area contributed by atoms with Gasteiger partial charge in [-0.3, -0.25) is 9.69 Å². The van der Waals surface area contributed by atoms with Crippen molar-refractivity contribution in [2.45, 2.75) is 81.9 Å². The number of nitrogens with two attached hydrogens (primary N) is 1. The number of hydrogen-bond acceptors (Lipinski definition) is 10. The Balaban J connectivity index is 1.32. The van der Waals surface area contributed by atoms with Gasteiger partial charge in [0.1, 0.15) is 47.1 Å². The summed E-state index contributed by atoms with van der Waals surface area (Å²) in [6.07, 6.45) is 3.26. The molecule has 232 valence electrons. The van der Waals surface area contributed by atoms with Gasteiger partial charge in [0.2, 0.25) is 5.88 Å². The normalized spacial score (nSPS) is 30.7. The number of carbonyl (C=O) groups excluding carboxylic acids is 1. The number of aldehydes is 1. The lowest BCUT2D eigenvalue weighted by atomic mass is 9.95. The molecule has 4 fully saturated rings. The molecule has 13 heteroatoms. The zero-order valence-electron chi connectivity index (χ0n) is 24.6. The average Bonchev–Trinajstić information content (AvgIpc) is 3.64. The molecule has 2 bridgehead atoms. The van der Waals surface area contributed by atoms with E-state index in [0.29, 0.717) is 37.0 Å². The van der Waals surface area contributed by atoms with Crippen LogP contribution in [0.25, 0.3) is 22.2 Å². The van der Waals surface area contributed by atoms with Gasteiger partial charge < -0.3 is 25.4 Å². The Hall–Kier alpha value is -3.71. The van der Waals surface area contributed by atoms with Crippen LogP contribution < -0.4 is 25.4 Å². The molecule has 10 nitrogen and oxygen atoms in total. The average molecular weight is 610 g/mol. The third-order valence-electron chi connectivity index (χ3n) is 10.4. The van der Waals surface area contributed by atoms with Crippen LogP contribution in [0.15, 0.2) is 6.07 Å². The van der Waals surface area contributed by atoms with Crippen LogP contribution in [-0.2, 0) is 0 Å². The summed E-state index contributed by atoms with van der Waals surface area (Å²) >= 11 is 0. The van der Waals surface area contributed by atoms with Crippen LogP contribution in [-0.4, -0.2) is 88.3 Å². The Morgan fingerprint density at radius 1 is 1.23 bits per heavy atom. The molecule has 5 aliphatic rings. The molecule has 0 saturated carbocycles. The largest absolute Gasteiger partial charge is 0.472 e. The summed E-state index contributed by atoms with van der Waals surface area (Å²) in [5.74, 6) is -0.997. The SMILES string of the molecule is Cc1c(F)c(N)cc(-c2nc3c4c(nc(OC[C@@]56CCCN5C[C@H](F)C6)nc4c2F)N2C[C@H]4CC[C@H](N4)[C@H]2[C@H](C)O3)c1C=O. The van der Waals surface area contributed by atoms with E-state index in [1.54, 1.807) is 0 Å². The molecule has 4 saturated heterocycles. The Labute approximate surface area is 252 Å². The van der Waals surface area contributed by atoms with E-state index in [2.05, 4.69) is 25.1 Å². The number of fused-ring (bicyclic) bond motifs is 6. The Morgan fingerprint density at radius 2 is 2.07 bits per heavy atom. The summed E-state index contributed by atoms with van der Waals surface area (Å²) in [7, 11) is 0. The number of ether oxygens (including phenoxy) is 2. The first-order valence-electron chi connectivity index (χ1n) is 15.3. The van der Waals surface area contributed by atoms with Crippen molar-refractivity contribution in [2.24, 2.45) is 0 Å². The maximum Gasteiger partial charge on any atom is 0.319 e. The van der Waals surface area contributed by atoms with Crippen LogP contribution in [0.5, 0.6) is 11.9 Å². The van der Waals surface area contributed by atoms with Crippen molar-refractivity contribution >= 4 is 28.7 Å². The van der Waals surface area contributed by atoms with Crippen molar-refractivity contribution in [2.75, 3.05) is 36.9 Å². The lowest BCUT2D eigenvalue weighted by molar-refractivity contribution is 0.107. The molecule has 5 aliphatic heterocycles. The summed E-state index contributed by atoms with van der Waals surface area (Å²) in [6.45, 7) is 5.35. The summed E-state index contributed by atoms with van der Waals surface area (Å²) in [5.41, 5.74) is 4.88. The smallest absolute Gasteiger partial charge is 0.319 e. The minimum absolute atomic E-state index is 0.00816. The number of nitrogens with one attached hydrogen (secondary N) is 1. The van der Waals surface area contributed by atoms with Crippen molar-refractivity contribution in [1.29, 1.82) is 0 Å². The van der Waals surface area contributed by atoms with Crippen LogP contribution in [0.2, 0.25) is 0 Å². The first kappa shape index (κ1) is 27.8. The van der Waals surface area contributed by atoms with E-state index in [4.69, 9.17) is 20.2 Å². The molecule has 0 spiro atoms. The number of aromatic nitrogens is 3. The molecule has 3 N–H and O–H groups in total. The molecule has 44 heavy (non-hydrogen) atoms. The molecule has 2 aromatic heterocycles. The van der Waals surface area contributed by atoms with Gasteiger partial charge in [0, 0.05) is 42.7 Å². The van der Waals surface area contributed by atoms with Crippen LogP contribution in [0.4, 0.5) is 24.7 Å². The molecule has 0 radical (unpaired) electrons. The molecular weight excluding hydrogens is 575 g/mol. The van der Waals surface area contributed by atoms with E-state index in [1.165, 1.54) is 13.0 Å². The second kappa shape index (κ2) is 9.90. The number of hydrogen-bond donors (Lipinski definition) is 2. The number of alkyl halides is 1. The maximum absolute atomic E-state index is 16.8. The summed E-state index contributed by atoms with van der Waals surface area (Å²) in [4.78, 5) is 30.4. The second-order valence-corrected chi connectivity index (χ2v) is 13.0. The monoisotopic (exact) mass is 609 g/mol. The quantitative estimate of drug-likeness (QED) is 0.327. The topological polar surface area (TPSA) is 119 Å². The van der Waals surface area contributed by atoms with Gasteiger partial charge in [-0.25, -0.2) is 18.2 Å². The van der Waals surface area contributed by atoms with Crippen molar-refractivity contribution in [1.82, 2.24) is 25.2 Å². The van der Waals surface area contributed by atoms with Gasteiger partial charge in [0.15, 0.2) is 12.1 Å². The van der Waals surface area contributed by atoms with E-state index in [9.17, 15) is 13.6 Å². The minimum atomic E-state index is -0.927. The van der Waals surface area contributed by atoms with Gasteiger partial charge >= 0.3 is 6.01 Å². The van der Waals surface area contributed by atoms with E-state index in [1.807, 2.05) is 6.92 Å². The fourth-order valence-electron chi connectivity index (χ4n) is 8.36. The summed E-state index contributed by atoms with van der Waals surface area (Å²) in [6, 6.07) is 1.43. The van der Waals surface area contributed by atoms with Gasteiger partial charge in [-0.1, -0.05) is 0 Å². The highest BCUT2D eigenvalue weighted by Gasteiger charge is 2.50. The van der Waals surface area contributed by atoms with Crippen LogP contribution in [0.1, 0.15) is 54.9 Å². The highest BCUT2D eigenvalue weighted by atomic mass is 19.1. The highest BCUT2D eigenvalue weighted by molar-refractivity contribution is 5.99. The van der Waals surface area contributed by atoms with Crippen molar-refractivity contribution in [3.8, 4) is 23.1 Å². The molecular formula is C31H34F3N7O3. The number of carbonyl (C=O) groups is 1. The van der Waals surface area contributed by atoms with Crippen LogP contribution >= 0.6 is 0 Å². The van der Waals surface area contributed by atoms with Crippen LogP contribution in [0.3, 0.4) is 0 Å². The highest BCUT2D eigenvalue weighted by Crippen LogP contribution is 2.46. The fraction of sp³-hybridized carbons (Fsp3) is 0.548. The molecule has 8 rings (SSSR count). The Morgan fingerprint density at radius 3 is 2.89 bits per heavy atom. The van der Waals surface area contributed by atoms with Gasteiger partial charge in [-0.2, -0.15) is 9.97 Å². The van der Waals surface area contributed by atoms with E-state index in [-0.39, 0.29) is 76.3 Å². The number of pyridine rings is 1. The summed E-state index contributed by atoms with van der Waals surface area (Å²) in [5, 5.41) is 3.98. The number of piperazine rings is 1. The number of benzene rings is 1. The molecule has 3 aromatic rings. The third kappa shape index (κ3) is 4.01. The molecule has 1 aromatic carbocycles. The predicted octanol–water partition coefficient (Wildman–Crippen LogP) is 3.72. The number of anilines is 2. The van der Waals surface area contributed by atoms with E-state index < -0.39 is 23.3 Å². The number of nitrogen functional groups attached to an aromatic ring is 1. The van der Waals surface area contributed by atoms with Gasteiger partial charge in [-0.05, 0) is 57.7 Å². The maximum atomic E-state index is 16.8. The lowest BCUT2D eigenvalue weighted by Gasteiger charge is -2.42. The van der Waals surface area contributed by atoms with Gasteiger partial charge in [0.25, 0.3) is 0 Å². The fourth-order valence-corrected chi connectivity index (χ4v) is 8.36. The Bertz CT molecular complexity index is 1710. The van der Waals surface area contributed by atoms with Crippen molar-refractivity contribution < 1.29 is 27.4 Å². The van der Waals surface area contributed by atoms with Crippen LogP contribution in [0, 0.1) is 18.6 Å². The first-order valence-corrected chi connectivity index (χ1v) is 15.3. The standard InChI is InChI=1S/C31H34F3N7O3/c1-14-19(12-42)18(8-20(35)23(14)33)25-24(34)26-22-28(39-30(38-26)43-13-31-6-3-7-40(31)10-16(32)9-31)41-11-17-4-5-21(36-17)27(41)15(2)44-29(22)37-25/h8,12,15-17,21,27,36H,3-7,9-11,13,35H2,1-2H3/t15-,16+,17+,21-,27+,31-/m0/s1. The molecule has 0 amide bonds. The third-order valence-corrected chi connectivity index (χ3v) is 10.4. The first-order chi connectivity index (χ1) is 21.2. The second-order valence-electron chi connectivity index (χ2n) is 13.0. The molecule has 6 atom stereocenters.